The lowest BCUT2D eigenvalue weighted by Crippen LogP contribution is -2.70. The average Bonchev–Trinajstić information content (AvgIpc) is 3.84. The molecule has 0 amide bonds. The summed E-state index contributed by atoms with van der Waals surface area (Å²) in [7, 11) is -8.85. The average molecular weight is 915 g/mol. The van der Waals surface area contributed by atoms with Crippen molar-refractivity contribution in [3.63, 3.8) is 0 Å². The highest BCUT2D eigenvalue weighted by Gasteiger charge is 2.48. The van der Waals surface area contributed by atoms with Crippen LogP contribution in [0.2, 0.25) is 52.4 Å². The number of para-hydroxylation sites is 3. The molecule has 3 heterocycles. The number of hydrogen-bond acceptors (Lipinski definition) is 0. The van der Waals surface area contributed by atoms with Crippen LogP contribution in [0.1, 0.15) is 0 Å². The molecule has 2 nitrogen and oxygen atoms in total. The molecule has 0 spiro atoms. The minimum Gasteiger partial charge on any atom is -0.309 e. The van der Waals surface area contributed by atoms with E-state index in [2.05, 4.69) is 244 Å². The van der Waals surface area contributed by atoms with Crippen molar-refractivity contribution in [1.82, 2.24) is 9.13 Å². The van der Waals surface area contributed by atoms with Gasteiger partial charge in [-0.05, 0) is 80.8 Å². The van der Waals surface area contributed by atoms with Crippen LogP contribution < -0.4 is 20.7 Å². The van der Waals surface area contributed by atoms with Gasteiger partial charge in [-0.1, -0.05) is 207 Å². The zero-order valence-electron chi connectivity index (χ0n) is 39.2. The fourth-order valence-electron chi connectivity index (χ4n) is 12.6. The fraction of sp³-hybridized carbons (Fsp3) is 0.133. The van der Waals surface area contributed by atoms with Crippen molar-refractivity contribution in [2.75, 3.05) is 0 Å². The quantitative estimate of drug-likeness (QED) is 0.121. The van der Waals surface area contributed by atoms with Crippen LogP contribution >= 0.6 is 0 Å². The maximum atomic E-state index is 2.72. The first kappa shape index (κ1) is 40.0. The van der Waals surface area contributed by atoms with Crippen LogP contribution in [0, 0.1) is 0 Å². The molecule has 1 aliphatic heterocycles. The maximum Gasteiger partial charge on any atom is 0.0799 e. The molecule has 1 aliphatic rings. The van der Waals surface area contributed by atoms with Crippen molar-refractivity contribution >= 4 is 138 Å². The standard InChI is InChI=1S/C60H54N2Si4/c1-63(2)54-30-16-20-39-36-40-21-17-31-55(48(40)37-47(39)54)64(3,4)66(7,8)57-33-19-27-44-50(57)38-49-43(26-18-32-56(49)65(63,5)6)59(44)62-51-28-14-12-24-42(51)45-34-35-53-58(60(45)62)46-25-13-15-29-52(46)61(53)41-22-10-9-11-23-41/h9-38H,1-8H3. The minimum atomic E-state index is -2.24. The minimum absolute atomic E-state index is 1.18. The molecular weight excluding hydrogens is 861 g/mol. The van der Waals surface area contributed by atoms with Gasteiger partial charge in [0.2, 0.25) is 0 Å². The second kappa shape index (κ2) is 13.6. The Morgan fingerprint density at radius 2 is 0.727 bits per heavy atom. The van der Waals surface area contributed by atoms with Crippen LogP contribution in [0.25, 0.3) is 98.1 Å². The Kier molecular flexibility index (Phi) is 8.27. The van der Waals surface area contributed by atoms with Crippen LogP contribution in [0.5, 0.6) is 0 Å². The molecule has 4 bridgehead atoms. The van der Waals surface area contributed by atoms with Gasteiger partial charge in [0.1, 0.15) is 0 Å². The Bertz CT molecular complexity index is 3920. The van der Waals surface area contributed by atoms with E-state index < -0.39 is 30.4 Å². The smallest absolute Gasteiger partial charge is 0.0799 e. The van der Waals surface area contributed by atoms with E-state index in [-0.39, 0.29) is 0 Å². The van der Waals surface area contributed by atoms with Crippen molar-refractivity contribution in [2.24, 2.45) is 0 Å². The first-order valence-corrected chi connectivity index (χ1v) is 37.8. The third kappa shape index (κ3) is 5.10. The van der Waals surface area contributed by atoms with Gasteiger partial charge in [-0.3, -0.25) is 0 Å². The van der Waals surface area contributed by atoms with E-state index in [4.69, 9.17) is 0 Å². The van der Waals surface area contributed by atoms with E-state index in [1.54, 1.807) is 20.7 Å². The summed E-state index contributed by atoms with van der Waals surface area (Å²) in [5.41, 5.74) is 7.49. The van der Waals surface area contributed by atoms with Crippen LogP contribution in [0.3, 0.4) is 0 Å². The van der Waals surface area contributed by atoms with E-state index >= 15 is 0 Å². The molecule has 0 saturated heterocycles. The van der Waals surface area contributed by atoms with Gasteiger partial charge in [-0.25, -0.2) is 0 Å². The Hall–Kier alpha value is -6.29. The predicted octanol–water partition coefficient (Wildman–Crippen LogP) is 14.0. The lowest BCUT2D eigenvalue weighted by Gasteiger charge is -2.42. The zero-order chi connectivity index (χ0) is 45.1. The number of aromatic nitrogens is 2. The van der Waals surface area contributed by atoms with Crippen LogP contribution in [0.15, 0.2) is 182 Å². The summed E-state index contributed by atoms with van der Waals surface area (Å²) in [6.07, 6.45) is 0. The monoisotopic (exact) mass is 914 g/mol. The topological polar surface area (TPSA) is 9.86 Å². The van der Waals surface area contributed by atoms with Crippen molar-refractivity contribution < 1.29 is 0 Å². The van der Waals surface area contributed by atoms with Gasteiger partial charge in [0.25, 0.3) is 0 Å². The molecule has 0 N–H and O–H groups in total. The predicted molar refractivity (Wildman–Crippen MR) is 300 cm³/mol. The summed E-state index contributed by atoms with van der Waals surface area (Å²) in [4.78, 5) is 0. The zero-order valence-corrected chi connectivity index (χ0v) is 43.2. The van der Waals surface area contributed by atoms with Gasteiger partial charge in [0.15, 0.2) is 0 Å². The van der Waals surface area contributed by atoms with Gasteiger partial charge < -0.3 is 9.13 Å². The van der Waals surface area contributed by atoms with Gasteiger partial charge >= 0.3 is 0 Å². The second-order valence-electron chi connectivity index (χ2n) is 21.3. The summed E-state index contributed by atoms with van der Waals surface area (Å²) in [6.45, 7) is 21.6. The Labute approximate surface area is 390 Å². The Morgan fingerprint density at radius 1 is 0.288 bits per heavy atom. The molecule has 0 fully saturated rings. The van der Waals surface area contributed by atoms with E-state index in [1.807, 2.05) is 0 Å². The third-order valence-corrected chi connectivity index (χ3v) is 52.8. The maximum absolute atomic E-state index is 2.72. The molecule has 2 aromatic heterocycles. The van der Waals surface area contributed by atoms with Gasteiger partial charge in [0, 0.05) is 38.0 Å². The van der Waals surface area contributed by atoms with Gasteiger partial charge in [-0.15, -0.1) is 0 Å². The molecule has 320 valence electrons. The first-order valence-electron chi connectivity index (χ1n) is 23.8. The molecule has 0 aliphatic carbocycles. The molecule has 0 unspecified atom stereocenters. The summed E-state index contributed by atoms with van der Waals surface area (Å²) >= 11 is 0. The van der Waals surface area contributed by atoms with Crippen molar-refractivity contribution in [1.29, 1.82) is 0 Å². The number of fused-ring (bicyclic) bond motifs is 7. The molecule has 0 saturated carbocycles. The summed E-state index contributed by atoms with van der Waals surface area (Å²) in [6, 6.07) is 71.1. The number of nitrogens with zero attached hydrogens (tertiary/aromatic N) is 2. The Balaban J connectivity index is 1.26. The fourth-order valence-corrected chi connectivity index (χ4v) is 31.5. The van der Waals surface area contributed by atoms with E-state index in [1.165, 1.54) is 98.1 Å². The van der Waals surface area contributed by atoms with Crippen molar-refractivity contribution in [3.05, 3.63) is 182 Å². The molecule has 12 aromatic rings. The number of hydrogen-bond donors (Lipinski definition) is 0. The normalized spacial score (nSPS) is 16.4. The largest absolute Gasteiger partial charge is 0.309 e. The highest BCUT2D eigenvalue weighted by Crippen LogP contribution is 2.45. The lowest BCUT2D eigenvalue weighted by molar-refractivity contribution is 1.18. The van der Waals surface area contributed by atoms with Crippen LogP contribution in [-0.4, -0.2) is 39.5 Å². The molecule has 10 aromatic carbocycles. The molecular formula is C60H54N2Si4. The number of benzene rings is 10. The number of rotatable bonds is 2. The first-order chi connectivity index (χ1) is 31.8. The highest BCUT2D eigenvalue weighted by molar-refractivity contribution is 7.51. The molecule has 6 heteroatoms. The van der Waals surface area contributed by atoms with Crippen LogP contribution in [0.4, 0.5) is 0 Å². The van der Waals surface area contributed by atoms with Crippen LogP contribution in [-0.2, 0) is 0 Å². The van der Waals surface area contributed by atoms with E-state index in [0.717, 1.165) is 0 Å². The molecule has 13 rings (SSSR count). The van der Waals surface area contributed by atoms with E-state index in [9.17, 15) is 0 Å². The summed E-state index contributed by atoms with van der Waals surface area (Å²) < 4.78 is 5.20. The second-order valence-corrected chi connectivity index (χ2v) is 51.5. The summed E-state index contributed by atoms with van der Waals surface area (Å²) in [5, 5.41) is 22.9. The molecule has 0 atom stereocenters. The molecule has 66 heavy (non-hydrogen) atoms. The van der Waals surface area contributed by atoms with Gasteiger partial charge in [0.05, 0.1) is 58.1 Å². The molecule has 0 radical (unpaired) electrons. The highest BCUT2D eigenvalue weighted by atomic mass is 29.3. The van der Waals surface area contributed by atoms with Crippen molar-refractivity contribution in [2.45, 2.75) is 52.4 Å². The SMILES string of the molecule is C[Si]1(C)c2cccc3cc4cccc(c4cc23)[Si](C)(C)[Si](C)(C)c2cccc3c(-n4c5ccccc5c5ccc6c(c7ccccc7n6-c6ccccc6)c54)c4cccc(c4cc23)[Si]1(C)C. The van der Waals surface area contributed by atoms with E-state index in [0.29, 0.717) is 0 Å². The van der Waals surface area contributed by atoms with Gasteiger partial charge in [-0.2, -0.15) is 0 Å². The summed E-state index contributed by atoms with van der Waals surface area (Å²) in [5.74, 6) is 0. The lowest BCUT2D eigenvalue weighted by atomic mass is 10.00. The third-order valence-electron chi connectivity index (χ3n) is 17.4. The Morgan fingerprint density at radius 3 is 1.29 bits per heavy atom. The van der Waals surface area contributed by atoms with Crippen molar-refractivity contribution in [3.8, 4) is 11.4 Å².